The van der Waals surface area contributed by atoms with Crippen LogP contribution in [0.3, 0.4) is 0 Å². The van der Waals surface area contributed by atoms with Crippen LogP contribution >= 0.6 is 0 Å². The number of hydrogen-bond donors (Lipinski definition) is 2. The van der Waals surface area contributed by atoms with E-state index in [2.05, 4.69) is 9.80 Å². The zero-order valence-electron chi connectivity index (χ0n) is 12.0. The molecule has 0 spiro atoms. The Morgan fingerprint density at radius 3 is 2.37 bits per heavy atom. The first kappa shape index (κ1) is 14.8. The summed E-state index contributed by atoms with van der Waals surface area (Å²) in [5.74, 6) is -0.905. The van der Waals surface area contributed by atoms with Gasteiger partial charge in [0.1, 0.15) is 5.54 Å². The number of aliphatic carboxylic acids is 1. The van der Waals surface area contributed by atoms with Crippen LogP contribution in [0.25, 0.3) is 0 Å². The van der Waals surface area contributed by atoms with Gasteiger partial charge in [-0.3, -0.25) is 9.69 Å². The van der Waals surface area contributed by atoms with Crippen LogP contribution in [0.2, 0.25) is 0 Å². The van der Waals surface area contributed by atoms with Crippen LogP contribution in [0.4, 0.5) is 0 Å². The fourth-order valence-corrected chi connectivity index (χ4v) is 3.12. The van der Waals surface area contributed by atoms with Crippen LogP contribution in [-0.4, -0.2) is 65.2 Å². The predicted octanol–water partition coefficient (Wildman–Crippen LogP) is 0.739. The molecule has 3 N–H and O–H groups in total. The molecule has 0 bridgehead atoms. The lowest BCUT2D eigenvalue weighted by atomic mass is 9.99. The smallest absolute Gasteiger partial charge is 0.323 e. The number of carboxylic acid groups (broad SMARTS) is 1. The Morgan fingerprint density at radius 1 is 1.26 bits per heavy atom. The molecule has 19 heavy (non-hydrogen) atoms. The number of rotatable bonds is 5. The van der Waals surface area contributed by atoms with Crippen molar-refractivity contribution in [3.8, 4) is 0 Å². The maximum Gasteiger partial charge on any atom is 0.323 e. The van der Waals surface area contributed by atoms with Gasteiger partial charge in [-0.15, -0.1) is 0 Å². The van der Waals surface area contributed by atoms with Gasteiger partial charge >= 0.3 is 5.97 Å². The molecule has 2 aliphatic rings. The molecule has 1 unspecified atom stereocenters. The number of carbonyl (C=O) groups is 1. The summed E-state index contributed by atoms with van der Waals surface area (Å²) in [4.78, 5) is 15.9. The van der Waals surface area contributed by atoms with E-state index in [1.165, 1.54) is 25.7 Å². The first-order valence-corrected chi connectivity index (χ1v) is 7.48. The van der Waals surface area contributed by atoms with Gasteiger partial charge in [-0.05, 0) is 26.2 Å². The van der Waals surface area contributed by atoms with Crippen molar-refractivity contribution in [2.75, 3.05) is 32.7 Å². The Kier molecular flexibility index (Phi) is 4.81. The minimum atomic E-state index is -1.09. The van der Waals surface area contributed by atoms with Gasteiger partial charge in [-0.2, -0.15) is 0 Å². The molecule has 0 radical (unpaired) electrons. The second-order valence-corrected chi connectivity index (χ2v) is 6.29. The van der Waals surface area contributed by atoms with Crippen LogP contribution in [0.1, 0.15) is 39.0 Å². The standard InChI is InChI=1S/C14H27N3O2/c1-14(15,13(18)19)6-7-16-8-10-17(11-9-16)12-4-2-3-5-12/h12H,2-11,15H2,1H3,(H,18,19). The summed E-state index contributed by atoms with van der Waals surface area (Å²) in [5.41, 5.74) is 4.67. The minimum Gasteiger partial charge on any atom is -0.480 e. The van der Waals surface area contributed by atoms with Crippen molar-refractivity contribution in [1.82, 2.24) is 9.80 Å². The van der Waals surface area contributed by atoms with Crippen molar-refractivity contribution in [2.24, 2.45) is 5.73 Å². The van der Waals surface area contributed by atoms with Crippen LogP contribution in [0, 0.1) is 0 Å². The van der Waals surface area contributed by atoms with E-state index in [-0.39, 0.29) is 0 Å². The van der Waals surface area contributed by atoms with Gasteiger partial charge in [0.25, 0.3) is 0 Å². The molecule has 1 saturated heterocycles. The number of nitrogens with zero attached hydrogens (tertiary/aromatic N) is 2. The average molecular weight is 269 g/mol. The number of carboxylic acids is 1. The molecule has 0 aromatic rings. The zero-order valence-corrected chi connectivity index (χ0v) is 12.0. The molecule has 5 heteroatoms. The summed E-state index contributed by atoms with van der Waals surface area (Å²) < 4.78 is 0. The molecule has 1 saturated carbocycles. The maximum atomic E-state index is 11.0. The molecule has 110 valence electrons. The largest absolute Gasteiger partial charge is 0.480 e. The molecule has 0 amide bonds. The summed E-state index contributed by atoms with van der Waals surface area (Å²) >= 11 is 0. The second-order valence-electron chi connectivity index (χ2n) is 6.29. The van der Waals surface area contributed by atoms with E-state index in [1.807, 2.05) is 0 Å². The van der Waals surface area contributed by atoms with E-state index in [4.69, 9.17) is 10.8 Å². The normalized spacial score (nSPS) is 26.4. The highest BCUT2D eigenvalue weighted by Crippen LogP contribution is 2.24. The predicted molar refractivity (Wildman–Crippen MR) is 75.1 cm³/mol. The monoisotopic (exact) mass is 269 g/mol. The van der Waals surface area contributed by atoms with Crippen molar-refractivity contribution in [1.29, 1.82) is 0 Å². The van der Waals surface area contributed by atoms with Crippen molar-refractivity contribution in [3.05, 3.63) is 0 Å². The van der Waals surface area contributed by atoms with E-state index in [9.17, 15) is 4.79 Å². The Morgan fingerprint density at radius 2 is 1.84 bits per heavy atom. The van der Waals surface area contributed by atoms with E-state index >= 15 is 0 Å². The van der Waals surface area contributed by atoms with Crippen LogP contribution in [0.15, 0.2) is 0 Å². The molecule has 1 aliphatic heterocycles. The van der Waals surface area contributed by atoms with Gasteiger partial charge in [0.15, 0.2) is 0 Å². The minimum absolute atomic E-state index is 0.520. The maximum absolute atomic E-state index is 11.0. The fourth-order valence-electron chi connectivity index (χ4n) is 3.12. The molecule has 5 nitrogen and oxygen atoms in total. The van der Waals surface area contributed by atoms with Gasteiger partial charge in [-0.25, -0.2) is 0 Å². The Bertz CT molecular complexity index is 306. The fraction of sp³-hybridized carbons (Fsp3) is 0.929. The quantitative estimate of drug-likeness (QED) is 0.770. The topological polar surface area (TPSA) is 69.8 Å². The lowest BCUT2D eigenvalue weighted by Crippen LogP contribution is -2.52. The Labute approximate surface area is 115 Å². The van der Waals surface area contributed by atoms with E-state index in [1.54, 1.807) is 6.92 Å². The first-order valence-electron chi connectivity index (χ1n) is 7.48. The zero-order chi connectivity index (χ0) is 13.9. The third-order valence-electron chi connectivity index (χ3n) is 4.68. The molecular weight excluding hydrogens is 242 g/mol. The lowest BCUT2D eigenvalue weighted by molar-refractivity contribution is -0.143. The van der Waals surface area contributed by atoms with Crippen molar-refractivity contribution in [3.63, 3.8) is 0 Å². The van der Waals surface area contributed by atoms with Gasteiger partial charge in [0, 0.05) is 38.8 Å². The van der Waals surface area contributed by atoms with E-state index in [0.717, 1.165) is 38.8 Å². The number of piperazine rings is 1. The van der Waals surface area contributed by atoms with E-state index < -0.39 is 11.5 Å². The third kappa shape index (κ3) is 3.91. The molecule has 2 fully saturated rings. The van der Waals surface area contributed by atoms with Crippen molar-refractivity contribution < 1.29 is 9.90 Å². The highest BCUT2D eigenvalue weighted by molar-refractivity contribution is 5.77. The summed E-state index contributed by atoms with van der Waals surface area (Å²) in [6.07, 6.45) is 6.01. The second kappa shape index (κ2) is 6.20. The van der Waals surface area contributed by atoms with Gasteiger partial charge in [0.2, 0.25) is 0 Å². The first-order chi connectivity index (χ1) is 8.99. The van der Waals surface area contributed by atoms with Crippen molar-refractivity contribution >= 4 is 5.97 Å². The molecule has 0 aromatic carbocycles. The summed E-state index contributed by atoms with van der Waals surface area (Å²) in [6, 6.07) is 0.806. The summed E-state index contributed by atoms with van der Waals surface area (Å²) in [6.45, 7) is 6.73. The molecule has 2 rings (SSSR count). The van der Waals surface area contributed by atoms with Crippen LogP contribution in [-0.2, 0) is 4.79 Å². The van der Waals surface area contributed by atoms with E-state index in [0.29, 0.717) is 6.42 Å². The van der Waals surface area contributed by atoms with Crippen LogP contribution < -0.4 is 5.73 Å². The summed E-state index contributed by atoms with van der Waals surface area (Å²) in [7, 11) is 0. The van der Waals surface area contributed by atoms with Gasteiger partial charge in [-0.1, -0.05) is 12.8 Å². The molecule has 1 aliphatic carbocycles. The van der Waals surface area contributed by atoms with Gasteiger partial charge < -0.3 is 15.7 Å². The third-order valence-corrected chi connectivity index (χ3v) is 4.68. The Balaban J connectivity index is 1.70. The highest BCUT2D eigenvalue weighted by atomic mass is 16.4. The number of nitrogens with two attached hydrogens (primary N) is 1. The number of hydrogen-bond acceptors (Lipinski definition) is 4. The lowest BCUT2D eigenvalue weighted by Gasteiger charge is -2.38. The molecule has 1 heterocycles. The summed E-state index contributed by atoms with van der Waals surface area (Å²) in [5, 5.41) is 9.00. The van der Waals surface area contributed by atoms with Gasteiger partial charge in [0.05, 0.1) is 0 Å². The molecular formula is C14H27N3O2. The molecule has 0 aromatic heterocycles. The Hall–Kier alpha value is -0.650. The highest BCUT2D eigenvalue weighted by Gasteiger charge is 2.30. The average Bonchev–Trinajstić information content (AvgIpc) is 2.91. The van der Waals surface area contributed by atoms with Crippen LogP contribution in [0.5, 0.6) is 0 Å². The molecule has 1 atom stereocenters. The SMILES string of the molecule is CC(N)(CCN1CCN(C2CCCC2)CC1)C(=O)O. The van der Waals surface area contributed by atoms with Crippen molar-refractivity contribution in [2.45, 2.75) is 50.6 Å².